The second-order valence-electron chi connectivity index (χ2n) is 16.1. The summed E-state index contributed by atoms with van der Waals surface area (Å²) in [5.41, 5.74) is -5.13. The summed E-state index contributed by atoms with van der Waals surface area (Å²) in [6, 6.07) is 0. The van der Waals surface area contributed by atoms with Crippen LogP contribution in [0.3, 0.4) is 0 Å². The fourth-order valence-electron chi connectivity index (χ4n) is 8.10. The van der Waals surface area contributed by atoms with Gasteiger partial charge in [-0.3, -0.25) is 19.2 Å². The van der Waals surface area contributed by atoms with Crippen molar-refractivity contribution in [3.63, 3.8) is 0 Å². The molecule has 1 unspecified atom stereocenters. The Morgan fingerprint density at radius 3 is 1.65 bits per heavy atom. The van der Waals surface area contributed by atoms with Gasteiger partial charge in [-0.05, 0) is 86.9 Å². The van der Waals surface area contributed by atoms with Gasteiger partial charge in [-0.15, -0.1) is 0 Å². The van der Waals surface area contributed by atoms with Gasteiger partial charge in [0.1, 0.15) is 0 Å². The zero-order chi connectivity index (χ0) is 30.8. The van der Waals surface area contributed by atoms with Crippen molar-refractivity contribution in [2.75, 3.05) is 0 Å². The van der Waals surface area contributed by atoms with E-state index in [0.29, 0.717) is 49.4 Å². The van der Waals surface area contributed by atoms with Crippen LogP contribution in [0.5, 0.6) is 0 Å². The fraction of sp³-hybridized carbons (Fsp3) is 0.889. The largest absolute Gasteiger partial charge is 0.298 e. The van der Waals surface area contributed by atoms with Crippen LogP contribution >= 0.6 is 0 Å². The van der Waals surface area contributed by atoms with E-state index >= 15 is 9.59 Å². The lowest BCUT2D eigenvalue weighted by Gasteiger charge is -2.64. The Hall–Kier alpha value is -1.32. The number of carbonyl (C=O) groups is 4. The second-order valence-corrected chi connectivity index (χ2v) is 16.1. The first kappa shape index (κ1) is 34.9. The van der Waals surface area contributed by atoms with Crippen molar-refractivity contribution < 1.29 is 19.2 Å². The predicted molar refractivity (Wildman–Crippen MR) is 165 cm³/mol. The quantitative estimate of drug-likeness (QED) is 0.188. The SMILES string of the molecule is CC(C)CCC[C@]1(C)[C@@H](CCC(C)C)C[C@]2(CCC(C)C)C(=O)C(C)(CCC(C)C)C(=O)[C@@]1(C(=O)C(C)C)C2=O. The number of rotatable bonds is 15. The molecule has 0 N–H and O–H groups in total. The first-order valence-electron chi connectivity index (χ1n) is 16.5. The molecule has 0 aliphatic heterocycles. The molecule has 2 aliphatic carbocycles. The topological polar surface area (TPSA) is 68.3 Å². The summed E-state index contributed by atoms with van der Waals surface area (Å²) in [5, 5.41) is 0. The van der Waals surface area contributed by atoms with Crippen molar-refractivity contribution in [3.05, 3.63) is 0 Å². The second kappa shape index (κ2) is 12.9. The van der Waals surface area contributed by atoms with E-state index in [4.69, 9.17) is 0 Å². The third-order valence-electron chi connectivity index (χ3n) is 10.7. The minimum atomic E-state index is -1.76. The summed E-state index contributed by atoms with van der Waals surface area (Å²) in [5.74, 6) is -0.0121. The molecule has 2 fully saturated rings. The van der Waals surface area contributed by atoms with Gasteiger partial charge in [0, 0.05) is 5.92 Å². The average Bonchev–Trinajstić information content (AvgIpc) is 2.84. The molecule has 0 aromatic heterocycles. The highest BCUT2D eigenvalue weighted by atomic mass is 16.2. The van der Waals surface area contributed by atoms with Crippen LogP contribution in [-0.2, 0) is 19.2 Å². The molecule has 5 atom stereocenters. The van der Waals surface area contributed by atoms with E-state index in [1.165, 1.54) is 0 Å². The van der Waals surface area contributed by atoms with Gasteiger partial charge in [-0.25, -0.2) is 0 Å². The predicted octanol–water partition coefficient (Wildman–Crippen LogP) is 9.07. The number of ketones is 4. The smallest absolute Gasteiger partial charge is 0.168 e. The molecule has 0 aromatic carbocycles. The molecule has 40 heavy (non-hydrogen) atoms. The summed E-state index contributed by atoms with van der Waals surface area (Å²) in [6.07, 6.45) is 7.11. The van der Waals surface area contributed by atoms with Crippen LogP contribution in [0.4, 0.5) is 0 Å². The molecule has 0 aromatic rings. The van der Waals surface area contributed by atoms with Crippen LogP contribution in [-0.4, -0.2) is 23.1 Å². The van der Waals surface area contributed by atoms with E-state index in [1.54, 1.807) is 6.92 Å². The summed E-state index contributed by atoms with van der Waals surface area (Å²) in [4.78, 5) is 59.9. The standard InChI is InChI=1S/C36H62O4/c1-23(2)14-13-19-34(12)28(16-15-24(3)4)22-35(21-18-26(7)8)30(38)33(11,20-17-25(5)6)31(39)36(34,32(35)40)29(37)27(9)10/h23-28H,13-22H2,1-12H3/t28-,33?,34+,35+,36-/m0/s1. The highest BCUT2D eigenvalue weighted by Crippen LogP contribution is 2.69. The number of hydrogen-bond donors (Lipinski definition) is 0. The highest BCUT2D eigenvalue weighted by molar-refractivity contribution is 6.40. The van der Waals surface area contributed by atoms with Gasteiger partial charge in [0.25, 0.3) is 0 Å². The summed E-state index contributed by atoms with van der Waals surface area (Å²) in [6.45, 7) is 24.8. The molecule has 2 aliphatic rings. The minimum absolute atomic E-state index is 0.0304. The van der Waals surface area contributed by atoms with E-state index in [-0.39, 0.29) is 29.1 Å². The van der Waals surface area contributed by atoms with Crippen molar-refractivity contribution in [1.29, 1.82) is 0 Å². The van der Waals surface area contributed by atoms with Crippen molar-refractivity contribution in [2.45, 2.75) is 147 Å². The Bertz CT molecular complexity index is 932. The first-order chi connectivity index (χ1) is 18.3. The zero-order valence-electron chi connectivity index (χ0n) is 28.2. The third-order valence-corrected chi connectivity index (χ3v) is 10.7. The van der Waals surface area contributed by atoms with Gasteiger partial charge >= 0.3 is 0 Å². The molecule has 0 amide bonds. The van der Waals surface area contributed by atoms with Crippen LogP contribution in [0, 0.1) is 57.2 Å². The molecule has 0 radical (unpaired) electrons. The Balaban J connectivity index is 2.98. The van der Waals surface area contributed by atoms with Gasteiger partial charge in [-0.2, -0.15) is 0 Å². The summed E-state index contributed by atoms with van der Waals surface area (Å²) in [7, 11) is 0. The van der Waals surface area contributed by atoms with Gasteiger partial charge in [0.05, 0.1) is 10.8 Å². The highest BCUT2D eigenvalue weighted by Gasteiger charge is 2.80. The van der Waals surface area contributed by atoms with Crippen molar-refractivity contribution >= 4 is 23.1 Å². The van der Waals surface area contributed by atoms with Crippen molar-refractivity contribution in [1.82, 2.24) is 0 Å². The van der Waals surface area contributed by atoms with Crippen LogP contribution in [0.15, 0.2) is 0 Å². The molecule has 4 heteroatoms. The monoisotopic (exact) mass is 558 g/mol. The maximum absolute atomic E-state index is 15.2. The Morgan fingerprint density at radius 2 is 1.18 bits per heavy atom. The van der Waals surface area contributed by atoms with E-state index in [1.807, 2.05) is 13.8 Å². The lowest BCUT2D eigenvalue weighted by Crippen LogP contribution is -2.77. The Kier molecular flexibility index (Phi) is 11.3. The minimum Gasteiger partial charge on any atom is -0.298 e. The van der Waals surface area contributed by atoms with Crippen molar-refractivity contribution in [2.24, 2.45) is 57.2 Å². The molecule has 0 spiro atoms. The van der Waals surface area contributed by atoms with E-state index < -0.39 is 27.6 Å². The number of Topliss-reactive ketones (excluding diaryl/α,β-unsaturated/α-hetero) is 4. The molecular weight excluding hydrogens is 496 g/mol. The lowest BCUT2D eigenvalue weighted by molar-refractivity contribution is -0.197. The molecule has 230 valence electrons. The lowest BCUT2D eigenvalue weighted by atomic mass is 9.33. The molecule has 0 heterocycles. The maximum Gasteiger partial charge on any atom is 0.168 e. The normalized spacial score (nSPS) is 32.8. The van der Waals surface area contributed by atoms with Gasteiger partial charge in [0.2, 0.25) is 0 Å². The van der Waals surface area contributed by atoms with E-state index in [2.05, 4.69) is 62.3 Å². The number of hydrogen-bond acceptors (Lipinski definition) is 4. The molecule has 2 rings (SSSR count). The first-order valence-corrected chi connectivity index (χ1v) is 16.5. The van der Waals surface area contributed by atoms with E-state index in [9.17, 15) is 9.59 Å². The molecule has 2 saturated carbocycles. The van der Waals surface area contributed by atoms with Crippen LogP contribution < -0.4 is 0 Å². The van der Waals surface area contributed by atoms with Gasteiger partial charge < -0.3 is 0 Å². The molecule has 4 nitrogen and oxygen atoms in total. The number of fused-ring (bicyclic) bond motifs is 2. The molecule has 2 bridgehead atoms. The summed E-state index contributed by atoms with van der Waals surface area (Å²) >= 11 is 0. The maximum atomic E-state index is 15.2. The van der Waals surface area contributed by atoms with Crippen LogP contribution in [0.25, 0.3) is 0 Å². The molecule has 0 saturated heterocycles. The Labute approximate surface area is 246 Å². The molecular formula is C36H62O4. The van der Waals surface area contributed by atoms with Gasteiger partial charge in [0.15, 0.2) is 28.5 Å². The fourth-order valence-corrected chi connectivity index (χ4v) is 8.10. The van der Waals surface area contributed by atoms with Gasteiger partial charge in [-0.1, -0.05) is 95.4 Å². The van der Waals surface area contributed by atoms with Crippen molar-refractivity contribution in [3.8, 4) is 0 Å². The number of carbonyl (C=O) groups excluding carboxylic acids is 4. The van der Waals surface area contributed by atoms with Crippen LogP contribution in [0.2, 0.25) is 0 Å². The Morgan fingerprint density at radius 1 is 0.675 bits per heavy atom. The zero-order valence-corrected chi connectivity index (χ0v) is 28.2. The third kappa shape index (κ3) is 5.94. The van der Waals surface area contributed by atoms with Crippen LogP contribution in [0.1, 0.15) is 147 Å². The van der Waals surface area contributed by atoms with E-state index in [0.717, 1.165) is 38.5 Å². The summed E-state index contributed by atoms with van der Waals surface area (Å²) < 4.78 is 0. The average molecular weight is 559 g/mol.